The predicted octanol–water partition coefficient (Wildman–Crippen LogP) is 7.78. The SMILES string of the molecule is O=C(Nc1cc(Cl)c(Cl)cc1Cl)c1ccc(-c2ccc3ccccc3c2)s1. The second-order valence-corrected chi connectivity index (χ2v) is 8.23. The summed E-state index contributed by atoms with van der Waals surface area (Å²) < 4.78 is 0. The zero-order valence-electron chi connectivity index (χ0n) is 13.8. The lowest BCUT2D eigenvalue weighted by Crippen LogP contribution is -2.10. The number of carbonyl (C=O) groups is 1. The molecule has 0 saturated heterocycles. The molecule has 1 N–H and O–H groups in total. The number of rotatable bonds is 3. The maximum atomic E-state index is 12.6. The van der Waals surface area contributed by atoms with Crippen LogP contribution in [0.1, 0.15) is 9.67 Å². The summed E-state index contributed by atoms with van der Waals surface area (Å²) in [6.45, 7) is 0. The van der Waals surface area contributed by atoms with Crippen molar-refractivity contribution in [2.45, 2.75) is 0 Å². The van der Waals surface area contributed by atoms with Gasteiger partial charge in [-0.15, -0.1) is 11.3 Å². The van der Waals surface area contributed by atoms with Gasteiger partial charge in [0.2, 0.25) is 0 Å². The zero-order chi connectivity index (χ0) is 19.0. The number of halogens is 3. The molecule has 0 aliphatic rings. The van der Waals surface area contributed by atoms with Gasteiger partial charge in [-0.2, -0.15) is 0 Å². The quantitative estimate of drug-likeness (QED) is 0.329. The van der Waals surface area contributed by atoms with E-state index in [-0.39, 0.29) is 5.91 Å². The van der Waals surface area contributed by atoms with Crippen LogP contribution in [0, 0.1) is 0 Å². The van der Waals surface area contributed by atoms with E-state index >= 15 is 0 Å². The van der Waals surface area contributed by atoms with E-state index in [1.165, 1.54) is 22.8 Å². The van der Waals surface area contributed by atoms with Gasteiger partial charge in [0.15, 0.2) is 0 Å². The number of hydrogen-bond acceptors (Lipinski definition) is 2. The highest BCUT2D eigenvalue weighted by Gasteiger charge is 2.14. The maximum Gasteiger partial charge on any atom is 0.265 e. The summed E-state index contributed by atoms with van der Waals surface area (Å²) in [6.07, 6.45) is 0. The Bertz CT molecular complexity index is 1170. The maximum absolute atomic E-state index is 12.6. The van der Waals surface area contributed by atoms with Crippen LogP contribution in [0.2, 0.25) is 15.1 Å². The lowest BCUT2D eigenvalue weighted by Gasteiger charge is -2.07. The molecule has 1 aromatic heterocycles. The second kappa shape index (κ2) is 7.53. The highest BCUT2D eigenvalue weighted by Crippen LogP contribution is 2.34. The van der Waals surface area contributed by atoms with Gasteiger partial charge in [-0.25, -0.2) is 0 Å². The molecule has 6 heteroatoms. The van der Waals surface area contributed by atoms with Gasteiger partial charge in [0, 0.05) is 4.88 Å². The van der Waals surface area contributed by atoms with Gasteiger partial charge in [0.1, 0.15) is 0 Å². The largest absolute Gasteiger partial charge is 0.320 e. The normalized spacial score (nSPS) is 10.9. The van der Waals surface area contributed by atoms with Crippen molar-refractivity contribution < 1.29 is 4.79 Å². The minimum absolute atomic E-state index is 0.243. The number of fused-ring (bicyclic) bond motifs is 1. The third-order valence-electron chi connectivity index (χ3n) is 4.12. The highest BCUT2D eigenvalue weighted by molar-refractivity contribution is 7.17. The first-order chi connectivity index (χ1) is 13.0. The van der Waals surface area contributed by atoms with Crippen molar-refractivity contribution in [3.05, 3.63) is 86.7 Å². The standard InChI is InChI=1S/C21H12Cl3NOS/c22-15-10-17(24)18(11-16(15)23)25-21(26)20-8-7-19(27-20)14-6-5-12-3-1-2-4-13(12)9-14/h1-11H,(H,25,26). The van der Waals surface area contributed by atoms with E-state index in [0.717, 1.165) is 15.8 Å². The van der Waals surface area contributed by atoms with E-state index < -0.39 is 0 Å². The monoisotopic (exact) mass is 431 g/mol. The molecule has 0 unspecified atom stereocenters. The second-order valence-electron chi connectivity index (χ2n) is 5.93. The molecule has 0 aliphatic carbocycles. The van der Waals surface area contributed by atoms with Crippen LogP contribution in [0.4, 0.5) is 5.69 Å². The molecule has 1 heterocycles. The van der Waals surface area contributed by atoms with Gasteiger partial charge in [0.25, 0.3) is 5.91 Å². The number of anilines is 1. The molecule has 4 aromatic rings. The van der Waals surface area contributed by atoms with E-state index in [4.69, 9.17) is 34.8 Å². The predicted molar refractivity (Wildman–Crippen MR) is 117 cm³/mol. The highest BCUT2D eigenvalue weighted by atomic mass is 35.5. The Kier molecular flexibility index (Phi) is 5.11. The summed E-state index contributed by atoms with van der Waals surface area (Å²) in [4.78, 5) is 14.2. The van der Waals surface area contributed by atoms with Gasteiger partial charge in [-0.1, -0.05) is 71.2 Å². The number of thiophene rings is 1. The van der Waals surface area contributed by atoms with E-state index in [1.54, 1.807) is 12.1 Å². The fourth-order valence-corrected chi connectivity index (χ4v) is 4.25. The van der Waals surface area contributed by atoms with E-state index in [9.17, 15) is 4.79 Å². The fourth-order valence-electron chi connectivity index (χ4n) is 2.76. The van der Waals surface area contributed by atoms with Gasteiger partial charge in [-0.05, 0) is 46.7 Å². The van der Waals surface area contributed by atoms with Crippen LogP contribution in [0.25, 0.3) is 21.2 Å². The van der Waals surface area contributed by atoms with Crippen LogP contribution >= 0.6 is 46.1 Å². The topological polar surface area (TPSA) is 29.1 Å². The molecule has 0 spiro atoms. The molecule has 0 bridgehead atoms. The summed E-state index contributed by atoms with van der Waals surface area (Å²) in [5.41, 5.74) is 1.50. The average molecular weight is 433 g/mol. The zero-order valence-corrected chi connectivity index (χ0v) is 16.9. The summed E-state index contributed by atoms with van der Waals surface area (Å²) in [6, 6.07) is 21.3. The van der Waals surface area contributed by atoms with Crippen molar-refractivity contribution in [1.29, 1.82) is 0 Å². The molecule has 0 saturated carbocycles. The lowest BCUT2D eigenvalue weighted by atomic mass is 10.1. The first-order valence-corrected chi connectivity index (χ1v) is 10.0. The van der Waals surface area contributed by atoms with E-state index in [0.29, 0.717) is 25.6 Å². The molecule has 27 heavy (non-hydrogen) atoms. The fraction of sp³-hybridized carbons (Fsp3) is 0. The van der Waals surface area contributed by atoms with Gasteiger partial charge in [-0.3, -0.25) is 4.79 Å². The smallest absolute Gasteiger partial charge is 0.265 e. The molecule has 0 radical (unpaired) electrons. The molecule has 0 atom stereocenters. The van der Waals surface area contributed by atoms with Crippen molar-refractivity contribution in [2.24, 2.45) is 0 Å². The Morgan fingerprint density at radius 3 is 2.33 bits per heavy atom. The van der Waals surface area contributed by atoms with Crippen molar-refractivity contribution >= 4 is 68.5 Å². The van der Waals surface area contributed by atoms with Crippen molar-refractivity contribution in [3.8, 4) is 10.4 Å². The van der Waals surface area contributed by atoms with Crippen LogP contribution in [0.3, 0.4) is 0 Å². The molecule has 3 aromatic carbocycles. The van der Waals surface area contributed by atoms with Crippen molar-refractivity contribution in [1.82, 2.24) is 0 Å². The van der Waals surface area contributed by atoms with Gasteiger partial charge >= 0.3 is 0 Å². The number of carbonyl (C=O) groups excluding carboxylic acids is 1. The van der Waals surface area contributed by atoms with Crippen LogP contribution in [-0.4, -0.2) is 5.91 Å². The van der Waals surface area contributed by atoms with Gasteiger partial charge in [0.05, 0.1) is 25.6 Å². The molecular weight excluding hydrogens is 421 g/mol. The number of amides is 1. The van der Waals surface area contributed by atoms with Crippen LogP contribution < -0.4 is 5.32 Å². The molecule has 0 aliphatic heterocycles. The Hall–Kier alpha value is -2.04. The van der Waals surface area contributed by atoms with Crippen LogP contribution in [0.15, 0.2) is 66.7 Å². The van der Waals surface area contributed by atoms with Crippen molar-refractivity contribution in [3.63, 3.8) is 0 Å². The number of benzene rings is 3. The minimum Gasteiger partial charge on any atom is -0.320 e. The molecule has 4 rings (SSSR count). The molecule has 1 amide bonds. The van der Waals surface area contributed by atoms with Crippen LogP contribution in [-0.2, 0) is 0 Å². The first-order valence-electron chi connectivity index (χ1n) is 8.06. The summed E-state index contributed by atoms with van der Waals surface area (Å²) >= 11 is 19.5. The number of hydrogen-bond donors (Lipinski definition) is 1. The Balaban J connectivity index is 1.60. The Morgan fingerprint density at radius 2 is 1.52 bits per heavy atom. The lowest BCUT2D eigenvalue weighted by molar-refractivity contribution is 0.103. The van der Waals surface area contributed by atoms with E-state index in [1.807, 2.05) is 18.2 Å². The molecule has 0 fully saturated rings. The Morgan fingerprint density at radius 1 is 0.778 bits per heavy atom. The first kappa shape index (κ1) is 18.3. The summed E-state index contributed by atoms with van der Waals surface area (Å²) in [5, 5.41) is 6.15. The van der Waals surface area contributed by atoms with E-state index in [2.05, 4.69) is 35.6 Å². The summed E-state index contributed by atoms with van der Waals surface area (Å²) in [7, 11) is 0. The Labute approximate surface area is 175 Å². The van der Waals surface area contributed by atoms with Crippen LogP contribution in [0.5, 0.6) is 0 Å². The summed E-state index contributed by atoms with van der Waals surface area (Å²) in [5.74, 6) is -0.243. The third-order valence-corrected chi connectivity index (χ3v) is 6.29. The minimum atomic E-state index is -0.243. The van der Waals surface area contributed by atoms with Gasteiger partial charge < -0.3 is 5.32 Å². The molecule has 134 valence electrons. The van der Waals surface area contributed by atoms with Crippen molar-refractivity contribution in [2.75, 3.05) is 5.32 Å². The number of nitrogens with one attached hydrogen (secondary N) is 1. The molecular formula is C21H12Cl3NOS. The third kappa shape index (κ3) is 3.83. The molecule has 2 nitrogen and oxygen atoms in total. The average Bonchev–Trinajstić information content (AvgIpc) is 3.16.